The van der Waals surface area contributed by atoms with E-state index in [-0.39, 0.29) is 0 Å². The van der Waals surface area contributed by atoms with Crippen LogP contribution in [0.25, 0.3) is 0 Å². The molecule has 134 valence electrons. The summed E-state index contributed by atoms with van der Waals surface area (Å²) in [4.78, 5) is 4.49. The molecule has 0 bridgehead atoms. The number of anilines is 2. The van der Waals surface area contributed by atoms with Gasteiger partial charge in [-0.15, -0.1) is 0 Å². The SMILES string of the molecule is CCc1ccc(CNc2ccc(NCc3ccc(CC)cc3)nc2)cc1. The quantitative estimate of drug-likeness (QED) is 0.571. The molecule has 26 heavy (non-hydrogen) atoms. The summed E-state index contributed by atoms with van der Waals surface area (Å²) in [7, 11) is 0. The number of pyridine rings is 1. The fraction of sp³-hybridized carbons (Fsp3) is 0.261. The predicted molar refractivity (Wildman–Crippen MR) is 111 cm³/mol. The molecule has 1 aromatic heterocycles. The van der Waals surface area contributed by atoms with E-state index in [4.69, 9.17) is 0 Å². The smallest absolute Gasteiger partial charge is 0.126 e. The lowest BCUT2D eigenvalue weighted by molar-refractivity contribution is 1.08. The molecule has 0 aliphatic rings. The molecule has 0 unspecified atom stereocenters. The average Bonchev–Trinajstić information content (AvgIpc) is 2.72. The van der Waals surface area contributed by atoms with Crippen molar-refractivity contribution in [1.29, 1.82) is 0 Å². The van der Waals surface area contributed by atoms with Gasteiger partial charge in [-0.25, -0.2) is 4.98 Å². The summed E-state index contributed by atoms with van der Waals surface area (Å²) < 4.78 is 0. The third kappa shape index (κ3) is 5.09. The number of nitrogens with one attached hydrogen (secondary N) is 2. The van der Waals surface area contributed by atoms with Gasteiger partial charge < -0.3 is 10.6 Å². The lowest BCUT2D eigenvalue weighted by Gasteiger charge is -2.09. The van der Waals surface area contributed by atoms with Crippen LogP contribution in [-0.4, -0.2) is 4.98 Å². The van der Waals surface area contributed by atoms with Gasteiger partial charge in [-0.05, 0) is 47.2 Å². The van der Waals surface area contributed by atoms with E-state index in [1.54, 1.807) is 0 Å². The molecule has 0 radical (unpaired) electrons. The summed E-state index contributed by atoms with van der Waals surface area (Å²) in [5, 5.41) is 6.79. The number of aryl methyl sites for hydroxylation is 2. The highest BCUT2D eigenvalue weighted by molar-refractivity contribution is 5.48. The topological polar surface area (TPSA) is 37.0 Å². The van der Waals surface area contributed by atoms with E-state index in [0.717, 1.165) is 37.4 Å². The molecule has 1 heterocycles. The highest BCUT2D eigenvalue weighted by atomic mass is 15.0. The van der Waals surface area contributed by atoms with Gasteiger partial charge in [-0.2, -0.15) is 0 Å². The third-order valence-electron chi connectivity index (χ3n) is 4.60. The number of hydrogen-bond acceptors (Lipinski definition) is 3. The number of hydrogen-bond donors (Lipinski definition) is 2. The van der Waals surface area contributed by atoms with Crippen LogP contribution in [0.4, 0.5) is 11.5 Å². The summed E-state index contributed by atoms with van der Waals surface area (Å²) >= 11 is 0. The Bertz CT molecular complexity index is 720. The van der Waals surface area contributed by atoms with Gasteiger partial charge in [0.2, 0.25) is 0 Å². The van der Waals surface area contributed by atoms with Gasteiger partial charge in [0.1, 0.15) is 5.82 Å². The summed E-state index contributed by atoms with van der Waals surface area (Å²) in [5.41, 5.74) is 6.31. The van der Waals surface area contributed by atoms with Crippen LogP contribution in [0.3, 0.4) is 0 Å². The summed E-state index contributed by atoms with van der Waals surface area (Å²) in [6, 6.07) is 21.5. The Hall–Kier alpha value is -2.81. The Balaban J connectivity index is 1.49. The Morgan fingerprint density at radius 2 is 1.12 bits per heavy atom. The van der Waals surface area contributed by atoms with Crippen LogP contribution in [0.5, 0.6) is 0 Å². The van der Waals surface area contributed by atoms with Gasteiger partial charge in [-0.3, -0.25) is 0 Å². The van der Waals surface area contributed by atoms with Gasteiger partial charge in [0.15, 0.2) is 0 Å². The maximum Gasteiger partial charge on any atom is 0.126 e. The Morgan fingerprint density at radius 1 is 0.615 bits per heavy atom. The lowest BCUT2D eigenvalue weighted by atomic mass is 10.1. The molecule has 0 spiro atoms. The normalized spacial score (nSPS) is 10.5. The molecule has 3 rings (SSSR count). The number of rotatable bonds is 8. The van der Waals surface area contributed by atoms with Crippen LogP contribution in [0.15, 0.2) is 66.9 Å². The fourth-order valence-electron chi connectivity index (χ4n) is 2.79. The van der Waals surface area contributed by atoms with Gasteiger partial charge >= 0.3 is 0 Å². The summed E-state index contributed by atoms with van der Waals surface area (Å²) in [6.07, 6.45) is 4.03. The molecule has 2 aromatic carbocycles. The van der Waals surface area contributed by atoms with Crippen molar-refractivity contribution < 1.29 is 0 Å². The number of nitrogens with zero attached hydrogens (tertiary/aromatic N) is 1. The van der Waals surface area contributed by atoms with E-state index in [1.165, 1.54) is 22.3 Å². The standard InChI is InChI=1S/C23H27N3/c1-3-18-5-9-20(10-6-18)15-24-22-13-14-23(26-17-22)25-16-21-11-7-19(4-2)8-12-21/h5-14,17,24H,3-4,15-16H2,1-2H3,(H,25,26). The van der Waals surface area contributed by atoms with Gasteiger partial charge in [0.05, 0.1) is 11.9 Å². The van der Waals surface area contributed by atoms with Crippen molar-refractivity contribution in [2.75, 3.05) is 10.6 Å². The van der Waals surface area contributed by atoms with Crippen LogP contribution >= 0.6 is 0 Å². The van der Waals surface area contributed by atoms with Gasteiger partial charge in [0, 0.05) is 13.1 Å². The van der Waals surface area contributed by atoms with Crippen molar-refractivity contribution in [2.45, 2.75) is 39.8 Å². The average molecular weight is 345 g/mol. The molecule has 0 atom stereocenters. The van der Waals surface area contributed by atoms with Crippen LogP contribution in [0, 0.1) is 0 Å². The largest absolute Gasteiger partial charge is 0.380 e. The minimum atomic E-state index is 0.785. The first kappa shape index (κ1) is 18.0. The van der Waals surface area contributed by atoms with Gasteiger partial charge in [-0.1, -0.05) is 62.4 Å². The van der Waals surface area contributed by atoms with Crippen LogP contribution in [0.2, 0.25) is 0 Å². The van der Waals surface area contributed by atoms with Crippen LogP contribution in [0.1, 0.15) is 36.1 Å². The first-order valence-corrected chi connectivity index (χ1v) is 9.36. The molecule has 0 aliphatic heterocycles. The van der Waals surface area contributed by atoms with Crippen LogP contribution < -0.4 is 10.6 Å². The highest BCUT2D eigenvalue weighted by Gasteiger charge is 1.99. The Kier molecular flexibility index (Phi) is 6.26. The fourth-order valence-corrected chi connectivity index (χ4v) is 2.79. The maximum absolute atomic E-state index is 4.49. The molecular weight excluding hydrogens is 318 g/mol. The summed E-state index contributed by atoms with van der Waals surface area (Å²) in [5.74, 6) is 0.891. The first-order valence-electron chi connectivity index (χ1n) is 9.36. The van der Waals surface area contributed by atoms with Crippen molar-refractivity contribution in [2.24, 2.45) is 0 Å². The molecule has 3 nitrogen and oxygen atoms in total. The maximum atomic E-state index is 4.49. The van der Waals surface area contributed by atoms with Gasteiger partial charge in [0.25, 0.3) is 0 Å². The van der Waals surface area contributed by atoms with Crippen molar-refractivity contribution in [1.82, 2.24) is 4.98 Å². The number of aromatic nitrogens is 1. The van der Waals surface area contributed by atoms with E-state index < -0.39 is 0 Å². The lowest BCUT2D eigenvalue weighted by Crippen LogP contribution is -2.03. The number of benzene rings is 2. The van der Waals surface area contributed by atoms with Crippen molar-refractivity contribution >= 4 is 11.5 Å². The Labute approximate surface area is 156 Å². The zero-order chi connectivity index (χ0) is 18.2. The first-order chi connectivity index (χ1) is 12.8. The zero-order valence-electron chi connectivity index (χ0n) is 15.6. The van der Waals surface area contributed by atoms with E-state index in [1.807, 2.05) is 12.3 Å². The monoisotopic (exact) mass is 345 g/mol. The second kappa shape index (κ2) is 9.04. The molecule has 0 fully saturated rings. The predicted octanol–water partition coefficient (Wildman–Crippen LogP) is 5.43. The minimum Gasteiger partial charge on any atom is -0.380 e. The molecular formula is C23H27N3. The molecule has 0 saturated carbocycles. The van der Waals surface area contributed by atoms with E-state index >= 15 is 0 Å². The third-order valence-corrected chi connectivity index (χ3v) is 4.60. The van der Waals surface area contributed by atoms with Crippen molar-refractivity contribution in [3.63, 3.8) is 0 Å². The molecule has 0 aliphatic carbocycles. The van der Waals surface area contributed by atoms with E-state index in [0.29, 0.717) is 0 Å². The van der Waals surface area contributed by atoms with E-state index in [9.17, 15) is 0 Å². The zero-order valence-corrected chi connectivity index (χ0v) is 15.6. The summed E-state index contributed by atoms with van der Waals surface area (Å²) in [6.45, 7) is 5.94. The molecule has 0 amide bonds. The second-order valence-electron chi connectivity index (χ2n) is 6.48. The van der Waals surface area contributed by atoms with Crippen molar-refractivity contribution in [3.8, 4) is 0 Å². The molecule has 0 saturated heterocycles. The molecule has 2 N–H and O–H groups in total. The Morgan fingerprint density at radius 3 is 1.58 bits per heavy atom. The van der Waals surface area contributed by atoms with Crippen molar-refractivity contribution in [3.05, 3.63) is 89.1 Å². The molecule has 3 heteroatoms. The second-order valence-corrected chi connectivity index (χ2v) is 6.48. The van der Waals surface area contributed by atoms with Crippen LogP contribution in [-0.2, 0) is 25.9 Å². The highest BCUT2D eigenvalue weighted by Crippen LogP contribution is 2.13. The van der Waals surface area contributed by atoms with E-state index in [2.05, 4.69) is 84.1 Å². The minimum absolute atomic E-state index is 0.785. The molecule has 3 aromatic rings.